The van der Waals surface area contributed by atoms with Crippen molar-refractivity contribution in [1.82, 2.24) is 10.4 Å². The highest BCUT2D eigenvalue weighted by atomic mass is 32.2. The van der Waals surface area contributed by atoms with E-state index in [-0.39, 0.29) is 69.0 Å². The van der Waals surface area contributed by atoms with Crippen molar-refractivity contribution in [3.8, 4) is 0 Å². The Balaban J connectivity index is 1.83. The van der Waals surface area contributed by atoms with Crippen molar-refractivity contribution >= 4 is 47.2 Å². The van der Waals surface area contributed by atoms with Gasteiger partial charge in [0.15, 0.2) is 18.1 Å². The van der Waals surface area contributed by atoms with Crippen LogP contribution in [0.3, 0.4) is 0 Å². The van der Waals surface area contributed by atoms with Crippen LogP contribution in [0, 0.1) is 12.8 Å². The lowest BCUT2D eigenvalue weighted by Gasteiger charge is -2.18. The zero-order valence-corrected chi connectivity index (χ0v) is 22.9. The van der Waals surface area contributed by atoms with Crippen LogP contribution >= 0.6 is 11.8 Å². The standard InChI is InChI=1S/C25H34N2O11S/c1-16-19(37-25(34)36-16)15-35-22(31)8-6-11-26-24(33)17(13-18(28)7-4-3-5-12-39-2)14-23(32)38-27-20(29)9-10-21(27)30/h17H,3-15H2,1-2H3,(H,26,33)/t17-/m0/s1. The largest absolute Gasteiger partial charge is 0.519 e. The lowest BCUT2D eigenvalue weighted by Crippen LogP contribution is -2.37. The first kappa shape index (κ1) is 31.8. The zero-order chi connectivity index (χ0) is 28.8. The maximum absolute atomic E-state index is 12.8. The predicted octanol–water partition coefficient (Wildman–Crippen LogP) is 1.98. The van der Waals surface area contributed by atoms with Crippen molar-refractivity contribution in [2.24, 2.45) is 5.92 Å². The number of amides is 3. The molecule has 1 fully saturated rings. The van der Waals surface area contributed by atoms with E-state index >= 15 is 0 Å². The number of Topliss-reactive ketones (excluding diaryl/α,β-unsaturated/α-hetero) is 1. The van der Waals surface area contributed by atoms with E-state index in [1.165, 1.54) is 6.92 Å². The number of imide groups is 1. The molecule has 1 aromatic rings. The molecular weight excluding hydrogens is 536 g/mol. The number of rotatable bonds is 18. The fourth-order valence-electron chi connectivity index (χ4n) is 3.69. The van der Waals surface area contributed by atoms with Crippen molar-refractivity contribution in [3.63, 3.8) is 0 Å². The van der Waals surface area contributed by atoms with E-state index in [1.54, 1.807) is 11.8 Å². The first-order chi connectivity index (χ1) is 18.6. The van der Waals surface area contributed by atoms with Crippen LogP contribution in [0.15, 0.2) is 13.6 Å². The number of hydrogen-bond donors (Lipinski definition) is 1. The van der Waals surface area contributed by atoms with Gasteiger partial charge in [0, 0.05) is 38.6 Å². The molecule has 2 heterocycles. The van der Waals surface area contributed by atoms with Gasteiger partial charge in [0.2, 0.25) is 5.91 Å². The van der Waals surface area contributed by atoms with E-state index in [9.17, 15) is 33.6 Å². The number of hydrogen-bond acceptors (Lipinski definition) is 12. The summed E-state index contributed by atoms with van der Waals surface area (Å²) in [5.41, 5.74) is 0. The number of nitrogens with zero attached hydrogens (tertiary/aromatic N) is 1. The third kappa shape index (κ3) is 11.5. The average molecular weight is 571 g/mol. The molecule has 1 N–H and O–H groups in total. The van der Waals surface area contributed by atoms with Gasteiger partial charge in [0.1, 0.15) is 5.78 Å². The number of unbranched alkanes of at least 4 members (excludes halogenated alkanes) is 2. The molecule has 13 nitrogen and oxygen atoms in total. The van der Waals surface area contributed by atoms with E-state index in [0.29, 0.717) is 11.5 Å². The first-order valence-corrected chi connectivity index (χ1v) is 14.1. The third-order valence-electron chi connectivity index (χ3n) is 5.82. The van der Waals surface area contributed by atoms with E-state index in [4.69, 9.17) is 14.0 Å². The zero-order valence-electron chi connectivity index (χ0n) is 22.1. The molecule has 0 aliphatic carbocycles. The van der Waals surface area contributed by atoms with Crippen molar-refractivity contribution in [2.75, 3.05) is 18.6 Å². The van der Waals surface area contributed by atoms with Gasteiger partial charge in [-0.15, -0.1) is 5.06 Å². The Morgan fingerprint density at radius 1 is 0.949 bits per heavy atom. The summed E-state index contributed by atoms with van der Waals surface area (Å²) in [5.74, 6) is -4.31. The SMILES string of the molecule is CSCCCCCC(=O)C[C@@H](CC(=O)ON1C(=O)CCC1=O)C(=O)NCCCC(=O)OCc1oc(=O)oc1C. The smallest absolute Gasteiger partial charge is 0.457 e. The van der Waals surface area contributed by atoms with Crippen LogP contribution < -0.4 is 11.1 Å². The summed E-state index contributed by atoms with van der Waals surface area (Å²) < 4.78 is 14.4. The van der Waals surface area contributed by atoms with Crippen LogP contribution in [0.4, 0.5) is 0 Å². The Bertz CT molecular complexity index is 1080. The molecule has 14 heteroatoms. The quantitative estimate of drug-likeness (QED) is 0.154. The van der Waals surface area contributed by atoms with E-state index in [0.717, 1.165) is 18.6 Å². The van der Waals surface area contributed by atoms with Crippen LogP contribution in [0.1, 0.15) is 75.7 Å². The molecule has 1 atom stereocenters. The van der Waals surface area contributed by atoms with E-state index < -0.39 is 47.8 Å². The van der Waals surface area contributed by atoms with Gasteiger partial charge in [-0.25, -0.2) is 9.59 Å². The number of ketones is 1. The fourth-order valence-corrected chi connectivity index (χ4v) is 4.18. The molecule has 1 aromatic heterocycles. The number of esters is 1. The van der Waals surface area contributed by atoms with Gasteiger partial charge in [-0.05, 0) is 38.2 Å². The molecule has 0 bridgehead atoms. The lowest BCUT2D eigenvalue weighted by molar-refractivity contribution is -0.198. The maximum Gasteiger partial charge on any atom is 0.519 e. The minimum atomic E-state index is -1.07. The molecule has 1 saturated heterocycles. The maximum atomic E-state index is 12.8. The van der Waals surface area contributed by atoms with Crippen molar-refractivity contribution < 1.29 is 47.2 Å². The van der Waals surface area contributed by atoms with Gasteiger partial charge in [0.25, 0.3) is 11.8 Å². The number of nitrogens with one attached hydrogen (secondary N) is 1. The summed E-state index contributed by atoms with van der Waals surface area (Å²) >= 11 is 1.72. The second kappa shape index (κ2) is 16.5. The van der Waals surface area contributed by atoms with Crippen LogP contribution in [-0.4, -0.2) is 59.1 Å². The molecule has 0 aromatic carbocycles. The molecule has 216 valence electrons. The summed E-state index contributed by atoms with van der Waals surface area (Å²) in [4.78, 5) is 89.0. The van der Waals surface area contributed by atoms with Crippen LogP contribution in [0.5, 0.6) is 0 Å². The highest BCUT2D eigenvalue weighted by molar-refractivity contribution is 7.98. The Morgan fingerprint density at radius 3 is 2.31 bits per heavy atom. The topological polar surface area (TPSA) is 179 Å². The summed E-state index contributed by atoms with van der Waals surface area (Å²) in [6.45, 7) is 1.28. The number of carbonyl (C=O) groups excluding carboxylic acids is 6. The van der Waals surface area contributed by atoms with Gasteiger partial charge < -0.3 is 23.7 Å². The van der Waals surface area contributed by atoms with Gasteiger partial charge in [-0.1, -0.05) is 6.42 Å². The van der Waals surface area contributed by atoms with Gasteiger partial charge in [0.05, 0.1) is 12.3 Å². The first-order valence-electron chi connectivity index (χ1n) is 12.7. The molecule has 39 heavy (non-hydrogen) atoms. The Morgan fingerprint density at radius 2 is 1.67 bits per heavy atom. The normalized spacial score (nSPS) is 13.8. The van der Waals surface area contributed by atoms with Crippen molar-refractivity contribution in [1.29, 1.82) is 0 Å². The molecule has 1 aliphatic rings. The van der Waals surface area contributed by atoms with Crippen molar-refractivity contribution in [2.45, 2.75) is 77.7 Å². The average Bonchev–Trinajstić information content (AvgIpc) is 3.38. The van der Waals surface area contributed by atoms with Gasteiger partial charge in [-0.3, -0.25) is 24.0 Å². The Labute approximate surface area is 229 Å². The summed E-state index contributed by atoms with van der Waals surface area (Å²) in [7, 11) is 0. The molecule has 3 amide bonds. The summed E-state index contributed by atoms with van der Waals surface area (Å²) in [6, 6.07) is 0. The minimum absolute atomic E-state index is 0.0533. The lowest BCUT2D eigenvalue weighted by atomic mass is 9.95. The minimum Gasteiger partial charge on any atom is -0.457 e. The number of thioether (sulfide) groups is 1. The highest BCUT2D eigenvalue weighted by Crippen LogP contribution is 2.18. The molecule has 0 saturated carbocycles. The number of ether oxygens (including phenoxy) is 1. The Kier molecular flexibility index (Phi) is 13.5. The summed E-state index contributed by atoms with van der Waals surface area (Å²) in [6.07, 6.45) is 4.08. The number of aryl methyl sites for hydroxylation is 1. The second-order valence-electron chi connectivity index (χ2n) is 8.98. The highest BCUT2D eigenvalue weighted by Gasteiger charge is 2.34. The predicted molar refractivity (Wildman–Crippen MR) is 136 cm³/mol. The second-order valence-corrected chi connectivity index (χ2v) is 9.97. The summed E-state index contributed by atoms with van der Waals surface area (Å²) in [5, 5.41) is 2.99. The molecule has 1 aliphatic heterocycles. The van der Waals surface area contributed by atoms with Crippen LogP contribution in [0.2, 0.25) is 0 Å². The molecule has 0 unspecified atom stereocenters. The van der Waals surface area contributed by atoms with Crippen molar-refractivity contribution in [3.05, 3.63) is 22.1 Å². The molecular formula is C25H34N2O11S. The fraction of sp³-hybridized carbons (Fsp3) is 0.640. The molecule has 0 spiro atoms. The van der Waals surface area contributed by atoms with E-state index in [1.807, 2.05) is 6.26 Å². The van der Waals surface area contributed by atoms with Gasteiger partial charge >= 0.3 is 17.8 Å². The van der Waals surface area contributed by atoms with Gasteiger partial charge in [-0.2, -0.15) is 11.8 Å². The molecule has 2 rings (SSSR count). The Hall–Kier alpha value is -3.42. The third-order valence-corrected chi connectivity index (χ3v) is 6.51. The molecule has 0 radical (unpaired) electrons. The number of hydroxylamine groups is 2. The monoisotopic (exact) mass is 570 g/mol. The number of carbonyl (C=O) groups is 6. The van der Waals surface area contributed by atoms with Crippen LogP contribution in [0.25, 0.3) is 0 Å². The van der Waals surface area contributed by atoms with Crippen LogP contribution in [-0.2, 0) is 44.9 Å². The van der Waals surface area contributed by atoms with E-state index in [2.05, 4.69) is 9.73 Å².